The fourth-order valence-corrected chi connectivity index (χ4v) is 12.6. The van der Waals surface area contributed by atoms with Crippen LogP contribution in [-0.2, 0) is 38.3 Å². The van der Waals surface area contributed by atoms with Gasteiger partial charge >= 0.3 is 0 Å². The molecule has 3 nitrogen and oxygen atoms in total. The highest BCUT2D eigenvalue weighted by atomic mass is 79.9. The number of aliphatic hydroxyl groups is 2. The maximum absolute atomic E-state index is 14.9. The van der Waals surface area contributed by atoms with Gasteiger partial charge in [0.25, 0.3) is 0 Å². The van der Waals surface area contributed by atoms with Crippen molar-refractivity contribution in [2.24, 2.45) is 0 Å². The molecule has 2 unspecified atom stereocenters. The number of hydrogen-bond acceptors (Lipinski definition) is 3. The lowest BCUT2D eigenvalue weighted by atomic mass is 9.60. The number of benzene rings is 8. The SMILES string of the molecule is CC(C)(C)c1ccc(C2(O)c3cc(Br)ccc3-c3ccc(Br)cc3C2(O)c2ccc(C(C)(C)C)cc2)cc1.CC(C)(C)c1ccc(C2(c3ccc(C(C)(C)C)cc3)C(=O)c3cc(Br)ccc3-c3ccc(Br)cc32)cc1. The number of fused-ring (bicyclic) bond motifs is 6. The van der Waals surface area contributed by atoms with Crippen molar-refractivity contribution in [2.75, 3.05) is 0 Å². The standard InChI is InChI=1S/C34H34Br2O2.C34H32Br2O/c1-31(2,3)21-7-11-23(12-8-21)33(37)29-19-25(35)15-17-27(29)28-18-16-26(36)20-30(28)34(33,38)24-13-9-22(10-14-24)32(4,5)6;1-32(2,3)21-7-11-23(12-8-21)34(24-13-9-22(10-14-24)33(4,5)6)30-20-26(36)16-18-28(30)27-17-15-25(35)19-29(27)31(34)37/h7-20,37-38H,1-6H3;7-20H,1-6H3. The van der Waals surface area contributed by atoms with Crippen molar-refractivity contribution >= 4 is 69.5 Å². The van der Waals surface area contributed by atoms with Gasteiger partial charge in [-0.25, -0.2) is 0 Å². The molecule has 0 amide bonds. The summed E-state index contributed by atoms with van der Waals surface area (Å²) < 4.78 is 3.54. The summed E-state index contributed by atoms with van der Waals surface area (Å²) in [6, 6.07) is 57.7. The van der Waals surface area contributed by atoms with Crippen LogP contribution < -0.4 is 0 Å². The van der Waals surface area contributed by atoms with Crippen LogP contribution in [-0.4, -0.2) is 16.0 Å². The quantitative estimate of drug-likeness (QED) is 0.185. The van der Waals surface area contributed by atoms with Crippen LogP contribution in [0.3, 0.4) is 0 Å². The van der Waals surface area contributed by atoms with Crippen LogP contribution in [0.2, 0.25) is 0 Å². The minimum Gasteiger partial charge on any atom is -0.377 e. The van der Waals surface area contributed by atoms with Crippen molar-refractivity contribution in [3.05, 3.63) is 255 Å². The van der Waals surface area contributed by atoms with E-state index in [-0.39, 0.29) is 27.4 Å². The van der Waals surface area contributed by atoms with Crippen molar-refractivity contribution < 1.29 is 15.0 Å². The maximum atomic E-state index is 14.9. The van der Waals surface area contributed by atoms with E-state index >= 15 is 0 Å². The average Bonchev–Trinajstić information content (AvgIpc) is 3.35. The minimum atomic E-state index is -1.76. The summed E-state index contributed by atoms with van der Waals surface area (Å²) in [5.41, 5.74) is 10.5. The van der Waals surface area contributed by atoms with E-state index in [0.29, 0.717) is 22.3 Å². The van der Waals surface area contributed by atoms with Gasteiger partial charge in [-0.1, -0.05) is 268 Å². The molecule has 0 spiro atoms. The fourth-order valence-electron chi connectivity index (χ4n) is 11.1. The molecule has 0 radical (unpaired) electrons. The summed E-state index contributed by atoms with van der Waals surface area (Å²) in [7, 11) is 0. The molecular formula is C68H66Br4O3. The first-order valence-corrected chi connectivity index (χ1v) is 28.8. The molecule has 0 fully saturated rings. The van der Waals surface area contributed by atoms with Crippen molar-refractivity contribution in [3.63, 3.8) is 0 Å². The molecule has 8 aromatic carbocycles. The van der Waals surface area contributed by atoms with E-state index < -0.39 is 16.6 Å². The molecule has 0 aromatic heterocycles. The van der Waals surface area contributed by atoms with Gasteiger partial charge in [0.05, 0.1) is 0 Å². The molecular weight excluding hydrogens is 1180 g/mol. The van der Waals surface area contributed by atoms with Crippen LogP contribution in [0.25, 0.3) is 22.3 Å². The Kier molecular flexibility index (Phi) is 14.4. The Morgan fingerprint density at radius 2 is 0.560 bits per heavy atom. The molecule has 0 heterocycles. The fraction of sp³-hybridized carbons (Fsp3) is 0.279. The van der Waals surface area contributed by atoms with Crippen LogP contribution in [0.1, 0.15) is 155 Å². The lowest BCUT2D eigenvalue weighted by molar-refractivity contribution is -0.114. The molecule has 8 aromatic rings. The first kappa shape index (κ1) is 55.0. The predicted octanol–water partition coefficient (Wildman–Crippen LogP) is 19.0. The van der Waals surface area contributed by atoms with E-state index in [1.54, 1.807) is 0 Å². The van der Waals surface area contributed by atoms with Crippen molar-refractivity contribution in [1.29, 1.82) is 0 Å². The van der Waals surface area contributed by atoms with E-state index in [0.717, 1.165) is 73.5 Å². The van der Waals surface area contributed by atoms with Gasteiger partial charge in [0.1, 0.15) is 5.41 Å². The lowest BCUT2D eigenvalue weighted by Crippen LogP contribution is -2.53. The first-order chi connectivity index (χ1) is 35.0. The summed E-state index contributed by atoms with van der Waals surface area (Å²) in [5.74, 6) is 0.0985. The highest BCUT2D eigenvalue weighted by Gasteiger charge is 2.59. The van der Waals surface area contributed by atoms with Gasteiger partial charge in [0, 0.05) is 34.6 Å². The van der Waals surface area contributed by atoms with Gasteiger partial charge in [0.2, 0.25) is 0 Å². The number of carbonyl (C=O) groups excluding carboxylic acids is 1. The Morgan fingerprint density at radius 3 is 0.867 bits per heavy atom. The second-order valence-electron chi connectivity index (χ2n) is 24.6. The molecule has 0 bridgehead atoms. The van der Waals surface area contributed by atoms with Crippen LogP contribution in [0, 0.1) is 0 Å². The Labute approximate surface area is 478 Å². The van der Waals surface area contributed by atoms with Gasteiger partial charge in [0.15, 0.2) is 17.0 Å². The molecule has 75 heavy (non-hydrogen) atoms. The van der Waals surface area contributed by atoms with Crippen molar-refractivity contribution in [3.8, 4) is 22.3 Å². The Morgan fingerprint density at radius 1 is 0.307 bits per heavy atom. The Hall–Kier alpha value is -4.73. The number of halogens is 4. The van der Waals surface area contributed by atoms with E-state index in [1.807, 2.05) is 72.8 Å². The van der Waals surface area contributed by atoms with Gasteiger partial charge < -0.3 is 10.2 Å². The van der Waals surface area contributed by atoms with Gasteiger partial charge in [-0.3, -0.25) is 4.79 Å². The third kappa shape index (κ3) is 9.65. The monoisotopic (exact) mass is 1250 g/mol. The summed E-state index contributed by atoms with van der Waals surface area (Å²) in [4.78, 5) is 14.9. The van der Waals surface area contributed by atoms with E-state index in [9.17, 15) is 15.0 Å². The van der Waals surface area contributed by atoms with Crippen LogP contribution >= 0.6 is 63.7 Å². The molecule has 0 aliphatic heterocycles. The van der Waals surface area contributed by atoms with Crippen molar-refractivity contribution in [2.45, 2.75) is 121 Å². The van der Waals surface area contributed by atoms with Gasteiger partial charge in [-0.05, 0) is 143 Å². The zero-order valence-corrected chi connectivity index (χ0v) is 51.3. The topological polar surface area (TPSA) is 57.5 Å². The number of rotatable bonds is 4. The normalized spacial score (nSPS) is 18.0. The van der Waals surface area contributed by atoms with Crippen molar-refractivity contribution in [1.82, 2.24) is 0 Å². The average molecular weight is 1250 g/mol. The summed E-state index contributed by atoms with van der Waals surface area (Å²) in [6.07, 6.45) is 0. The summed E-state index contributed by atoms with van der Waals surface area (Å²) in [6.45, 7) is 26.3. The number of ketones is 1. The molecule has 10 rings (SSSR count). The third-order valence-electron chi connectivity index (χ3n) is 15.5. The molecule has 384 valence electrons. The van der Waals surface area contributed by atoms with E-state index in [2.05, 4.69) is 244 Å². The zero-order valence-electron chi connectivity index (χ0n) is 45.0. The first-order valence-electron chi connectivity index (χ1n) is 25.6. The molecule has 0 saturated carbocycles. The Bertz CT molecular complexity index is 3300. The number of hydrogen-bond donors (Lipinski definition) is 2. The molecule has 2 atom stereocenters. The van der Waals surface area contributed by atoms with Crippen LogP contribution in [0.15, 0.2) is 188 Å². The lowest BCUT2D eigenvalue weighted by Gasteiger charge is -2.50. The summed E-state index contributed by atoms with van der Waals surface area (Å²) in [5, 5.41) is 26.1. The van der Waals surface area contributed by atoms with Crippen LogP contribution in [0.5, 0.6) is 0 Å². The molecule has 2 aliphatic rings. The zero-order chi connectivity index (χ0) is 54.4. The maximum Gasteiger partial charge on any atom is 0.182 e. The molecule has 7 heteroatoms. The van der Waals surface area contributed by atoms with Gasteiger partial charge in [-0.2, -0.15) is 0 Å². The largest absolute Gasteiger partial charge is 0.377 e. The summed E-state index contributed by atoms with van der Waals surface area (Å²) >= 11 is 14.6. The second kappa shape index (κ2) is 19.6. The third-order valence-corrected chi connectivity index (χ3v) is 17.5. The Balaban J connectivity index is 0.000000184. The minimum absolute atomic E-state index is 0.0228. The highest BCUT2D eigenvalue weighted by Crippen LogP contribution is 2.59. The molecule has 2 aliphatic carbocycles. The smallest absolute Gasteiger partial charge is 0.182 e. The molecule has 2 N–H and O–H groups in total. The molecule has 0 saturated heterocycles. The van der Waals surface area contributed by atoms with E-state index in [4.69, 9.17) is 0 Å². The highest BCUT2D eigenvalue weighted by molar-refractivity contribution is 9.11. The predicted molar refractivity (Wildman–Crippen MR) is 325 cm³/mol. The number of Topliss-reactive ketones (excluding diaryl/α,β-unsaturated/α-hetero) is 1. The van der Waals surface area contributed by atoms with E-state index in [1.165, 1.54) is 11.1 Å². The second-order valence-corrected chi connectivity index (χ2v) is 28.2. The van der Waals surface area contributed by atoms with Gasteiger partial charge in [-0.15, -0.1) is 0 Å². The number of carbonyl (C=O) groups is 1. The van der Waals surface area contributed by atoms with Crippen LogP contribution in [0.4, 0.5) is 0 Å².